The van der Waals surface area contributed by atoms with E-state index in [2.05, 4.69) is 22.9 Å². The molecular weight excluding hydrogens is 498 g/mol. The van der Waals surface area contributed by atoms with Gasteiger partial charge in [0.15, 0.2) is 0 Å². The summed E-state index contributed by atoms with van der Waals surface area (Å²) in [5.41, 5.74) is 4.79. The Morgan fingerprint density at radius 3 is 2.28 bits per heavy atom. The highest BCUT2D eigenvalue weighted by Gasteiger charge is 2.28. The lowest BCUT2D eigenvalue weighted by Crippen LogP contribution is -2.49. The first kappa shape index (κ1) is 25.9. The van der Waals surface area contributed by atoms with Gasteiger partial charge in [0.05, 0.1) is 9.85 Å². The number of hydrogen-bond acceptors (Lipinski definition) is 6. The fourth-order valence-electron chi connectivity index (χ4n) is 5.39. The standard InChI is InChI=1S/C29H29N5O5/c1-2-20-5-4-8-25-27(19-30-29(20)25)26(21-6-3-7-24(17-21)34(38)39)18-28(35)32-15-13-31(14-16-32)22-9-11-23(12-10-22)33(36)37/h3-12,17,19,26,30H,2,13-16,18H2,1H3/t26-/m0/s1. The number of carbonyl (C=O) groups is 1. The summed E-state index contributed by atoms with van der Waals surface area (Å²) in [7, 11) is 0. The molecule has 10 nitrogen and oxygen atoms in total. The average Bonchev–Trinajstić information content (AvgIpc) is 3.40. The molecule has 200 valence electrons. The van der Waals surface area contributed by atoms with Crippen molar-refractivity contribution >= 4 is 33.9 Å². The molecule has 0 spiro atoms. The molecule has 1 fully saturated rings. The number of nitro benzene ring substituents is 2. The maximum Gasteiger partial charge on any atom is 0.269 e. The van der Waals surface area contributed by atoms with Gasteiger partial charge in [0.25, 0.3) is 11.4 Å². The molecule has 0 saturated carbocycles. The average molecular weight is 528 g/mol. The van der Waals surface area contributed by atoms with Crippen molar-refractivity contribution in [1.82, 2.24) is 9.88 Å². The van der Waals surface area contributed by atoms with Crippen molar-refractivity contribution in [3.63, 3.8) is 0 Å². The minimum atomic E-state index is -0.422. The Bertz CT molecular complexity index is 1520. The molecule has 0 aliphatic carbocycles. The smallest absolute Gasteiger partial charge is 0.269 e. The van der Waals surface area contributed by atoms with E-state index in [0.717, 1.165) is 34.1 Å². The summed E-state index contributed by atoms with van der Waals surface area (Å²) in [5.74, 6) is -0.373. The highest BCUT2D eigenvalue weighted by molar-refractivity contribution is 5.88. The molecule has 0 radical (unpaired) electrons. The highest BCUT2D eigenvalue weighted by atomic mass is 16.6. The summed E-state index contributed by atoms with van der Waals surface area (Å²) in [6.07, 6.45) is 2.96. The van der Waals surface area contributed by atoms with Gasteiger partial charge in [-0.15, -0.1) is 0 Å². The maximum atomic E-state index is 13.6. The van der Waals surface area contributed by atoms with Crippen molar-refractivity contribution in [2.45, 2.75) is 25.7 Å². The molecule has 3 aromatic carbocycles. The van der Waals surface area contributed by atoms with Crippen LogP contribution in [0.15, 0.2) is 72.9 Å². The quantitative estimate of drug-likeness (QED) is 0.241. The Balaban J connectivity index is 1.38. The lowest BCUT2D eigenvalue weighted by atomic mass is 9.87. The minimum absolute atomic E-state index is 0.00394. The van der Waals surface area contributed by atoms with Gasteiger partial charge in [-0.05, 0) is 35.2 Å². The van der Waals surface area contributed by atoms with Crippen LogP contribution in [0.1, 0.15) is 36.0 Å². The fourth-order valence-corrected chi connectivity index (χ4v) is 5.39. The summed E-state index contributed by atoms with van der Waals surface area (Å²) in [5, 5.41) is 23.5. The predicted octanol–water partition coefficient (Wildman–Crippen LogP) is 5.42. The molecule has 1 aliphatic rings. The van der Waals surface area contributed by atoms with Crippen molar-refractivity contribution in [2.75, 3.05) is 31.1 Å². The van der Waals surface area contributed by atoms with Crippen LogP contribution in [-0.2, 0) is 11.2 Å². The molecule has 1 N–H and O–H groups in total. The molecule has 1 aromatic heterocycles. The molecule has 2 heterocycles. The van der Waals surface area contributed by atoms with Crippen LogP contribution in [0.2, 0.25) is 0 Å². The topological polar surface area (TPSA) is 126 Å². The number of aromatic amines is 1. The summed E-state index contributed by atoms with van der Waals surface area (Å²) >= 11 is 0. The first-order valence-electron chi connectivity index (χ1n) is 13.0. The van der Waals surface area contributed by atoms with E-state index in [-0.39, 0.29) is 29.6 Å². The Labute approximate surface area is 225 Å². The summed E-state index contributed by atoms with van der Waals surface area (Å²) in [4.78, 5) is 42.6. The first-order chi connectivity index (χ1) is 18.9. The van der Waals surface area contributed by atoms with E-state index in [1.807, 2.05) is 29.3 Å². The predicted molar refractivity (Wildman–Crippen MR) is 149 cm³/mol. The fraction of sp³-hybridized carbons (Fsp3) is 0.276. The zero-order chi connectivity index (χ0) is 27.5. The van der Waals surface area contributed by atoms with Crippen LogP contribution in [-0.4, -0.2) is 51.8 Å². The number of benzene rings is 3. The van der Waals surface area contributed by atoms with E-state index < -0.39 is 9.85 Å². The number of amides is 1. The number of rotatable bonds is 8. The number of anilines is 1. The van der Waals surface area contributed by atoms with Gasteiger partial charge in [0, 0.05) is 85.6 Å². The number of aromatic nitrogens is 1. The zero-order valence-corrected chi connectivity index (χ0v) is 21.6. The molecule has 5 rings (SSSR count). The third-order valence-electron chi connectivity index (χ3n) is 7.51. The second-order valence-electron chi connectivity index (χ2n) is 9.69. The molecule has 10 heteroatoms. The monoisotopic (exact) mass is 527 g/mol. The van der Waals surface area contributed by atoms with E-state index in [1.165, 1.54) is 23.8 Å². The lowest BCUT2D eigenvalue weighted by molar-refractivity contribution is -0.385. The number of H-pyrrole nitrogens is 1. The van der Waals surface area contributed by atoms with Gasteiger partial charge in [0.1, 0.15) is 0 Å². The SMILES string of the molecule is CCc1cccc2c([C@@H](CC(=O)N3CCN(c4ccc([N+](=O)[O-])cc4)CC3)c3cccc([N+](=O)[O-])c3)c[nH]c12. The highest BCUT2D eigenvalue weighted by Crippen LogP contribution is 2.36. The number of piperazine rings is 1. The minimum Gasteiger partial charge on any atom is -0.368 e. The van der Waals surface area contributed by atoms with Crippen molar-refractivity contribution < 1.29 is 14.6 Å². The van der Waals surface area contributed by atoms with Gasteiger partial charge >= 0.3 is 0 Å². The largest absolute Gasteiger partial charge is 0.368 e. The van der Waals surface area contributed by atoms with Crippen LogP contribution in [0.25, 0.3) is 10.9 Å². The van der Waals surface area contributed by atoms with Gasteiger partial charge in [0.2, 0.25) is 5.91 Å². The summed E-state index contributed by atoms with van der Waals surface area (Å²) < 4.78 is 0. The van der Waals surface area contributed by atoms with Crippen LogP contribution < -0.4 is 4.90 Å². The number of nitro groups is 2. The van der Waals surface area contributed by atoms with Crippen LogP contribution in [0.4, 0.5) is 17.1 Å². The molecule has 39 heavy (non-hydrogen) atoms. The van der Waals surface area contributed by atoms with Crippen molar-refractivity contribution in [2.24, 2.45) is 0 Å². The molecule has 1 saturated heterocycles. The van der Waals surface area contributed by atoms with Gasteiger partial charge in [-0.2, -0.15) is 0 Å². The van der Waals surface area contributed by atoms with Crippen molar-refractivity contribution in [3.8, 4) is 0 Å². The maximum absolute atomic E-state index is 13.6. The van der Waals surface area contributed by atoms with Crippen molar-refractivity contribution in [3.05, 3.63) is 110 Å². The second kappa shape index (κ2) is 10.9. The van der Waals surface area contributed by atoms with Crippen LogP contribution in [0.3, 0.4) is 0 Å². The van der Waals surface area contributed by atoms with E-state index >= 15 is 0 Å². The molecule has 1 amide bonds. The van der Waals surface area contributed by atoms with Crippen LogP contribution >= 0.6 is 0 Å². The summed E-state index contributed by atoms with van der Waals surface area (Å²) in [6.45, 7) is 4.35. The molecule has 1 atom stereocenters. The Morgan fingerprint density at radius 2 is 1.62 bits per heavy atom. The number of nitrogens with one attached hydrogen (secondary N) is 1. The van der Waals surface area contributed by atoms with E-state index in [4.69, 9.17) is 0 Å². The number of para-hydroxylation sites is 1. The number of fused-ring (bicyclic) bond motifs is 1. The van der Waals surface area contributed by atoms with E-state index in [9.17, 15) is 25.0 Å². The molecule has 0 bridgehead atoms. The number of hydrogen-bond donors (Lipinski definition) is 1. The Hall–Kier alpha value is -4.73. The number of carbonyl (C=O) groups excluding carboxylic acids is 1. The molecule has 0 unspecified atom stereocenters. The van der Waals surface area contributed by atoms with Crippen molar-refractivity contribution in [1.29, 1.82) is 0 Å². The van der Waals surface area contributed by atoms with Gasteiger partial charge in [-0.3, -0.25) is 25.0 Å². The van der Waals surface area contributed by atoms with Crippen LogP contribution in [0.5, 0.6) is 0 Å². The number of aryl methyl sites for hydroxylation is 1. The molecule has 1 aliphatic heterocycles. The first-order valence-corrected chi connectivity index (χ1v) is 13.0. The van der Waals surface area contributed by atoms with E-state index in [1.54, 1.807) is 24.3 Å². The second-order valence-corrected chi connectivity index (χ2v) is 9.69. The van der Waals surface area contributed by atoms with Crippen LogP contribution in [0, 0.1) is 20.2 Å². The lowest BCUT2D eigenvalue weighted by Gasteiger charge is -2.36. The third kappa shape index (κ3) is 5.31. The van der Waals surface area contributed by atoms with Gasteiger partial charge in [-0.25, -0.2) is 0 Å². The normalized spacial score (nSPS) is 14.4. The summed E-state index contributed by atoms with van der Waals surface area (Å²) in [6, 6.07) is 19.1. The third-order valence-corrected chi connectivity index (χ3v) is 7.51. The molecular formula is C29H29N5O5. The number of nitrogens with zero attached hydrogens (tertiary/aromatic N) is 4. The van der Waals surface area contributed by atoms with Gasteiger partial charge in [-0.1, -0.05) is 37.3 Å². The van der Waals surface area contributed by atoms with Gasteiger partial charge < -0.3 is 14.8 Å². The Morgan fingerprint density at radius 1 is 0.923 bits per heavy atom. The number of non-ortho nitro benzene ring substituents is 2. The van der Waals surface area contributed by atoms with E-state index in [0.29, 0.717) is 26.2 Å². The molecule has 4 aromatic rings. The Kier molecular flexibility index (Phi) is 7.27. The zero-order valence-electron chi connectivity index (χ0n) is 21.6.